The van der Waals surface area contributed by atoms with Gasteiger partial charge in [0.2, 0.25) is 5.89 Å². The van der Waals surface area contributed by atoms with Gasteiger partial charge in [-0.1, -0.05) is 127 Å². The van der Waals surface area contributed by atoms with E-state index < -0.39 is 0 Å². The van der Waals surface area contributed by atoms with Crippen LogP contribution < -0.4 is 4.90 Å². The highest BCUT2D eigenvalue weighted by atomic mass is 16.3. The molecule has 1 heterocycles. The van der Waals surface area contributed by atoms with E-state index in [1.807, 2.05) is 36.4 Å². The van der Waals surface area contributed by atoms with Crippen molar-refractivity contribution in [1.29, 1.82) is 0 Å². The van der Waals surface area contributed by atoms with Gasteiger partial charge in [-0.2, -0.15) is 0 Å². The minimum Gasteiger partial charge on any atom is -0.435 e. The number of hydrogen-bond donors (Lipinski definition) is 0. The van der Waals surface area contributed by atoms with E-state index in [4.69, 9.17) is 9.40 Å². The van der Waals surface area contributed by atoms with Gasteiger partial charge in [0.25, 0.3) is 0 Å². The van der Waals surface area contributed by atoms with Gasteiger partial charge < -0.3 is 9.32 Å². The molecule has 0 N–H and O–H groups in total. The molecule has 1 aromatic heterocycles. The molecular weight excluding hydrogens is 585 g/mol. The SMILES string of the molecule is c1ccc(-c2nc3ccc4cccc(-c5ccc(N(c6ccccc6)c6ccc(-c7cccc8ccccc78)cc6)cc5)c4c3o2)cc1. The summed E-state index contributed by atoms with van der Waals surface area (Å²) in [5.74, 6) is 0.633. The van der Waals surface area contributed by atoms with Crippen LogP contribution in [0.2, 0.25) is 0 Å². The fourth-order valence-electron chi connectivity index (χ4n) is 6.78. The minimum atomic E-state index is 0.633. The number of benzene rings is 8. The lowest BCUT2D eigenvalue weighted by Gasteiger charge is -2.26. The van der Waals surface area contributed by atoms with Crippen LogP contribution in [0.25, 0.3) is 66.4 Å². The number of nitrogens with zero attached hydrogens (tertiary/aromatic N) is 2. The van der Waals surface area contributed by atoms with Gasteiger partial charge in [-0.15, -0.1) is 0 Å². The lowest BCUT2D eigenvalue weighted by molar-refractivity contribution is 0.623. The highest BCUT2D eigenvalue weighted by Gasteiger charge is 2.17. The summed E-state index contributed by atoms with van der Waals surface area (Å²) in [4.78, 5) is 7.15. The van der Waals surface area contributed by atoms with Crippen LogP contribution in [0.1, 0.15) is 0 Å². The third-order valence-electron chi connectivity index (χ3n) is 9.10. The second-order valence-electron chi connectivity index (χ2n) is 12.0. The molecule has 3 heteroatoms. The van der Waals surface area contributed by atoms with Crippen molar-refractivity contribution in [2.75, 3.05) is 4.90 Å². The number of oxazole rings is 1. The Morgan fingerprint density at radius 3 is 1.69 bits per heavy atom. The van der Waals surface area contributed by atoms with Gasteiger partial charge in [0, 0.05) is 28.0 Å². The molecule has 9 aromatic rings. The maximum atomic E-state index is 6.45. The Bertz CT molecular complexity index is 2530. The molecule has 48 heavy (non-hydrogen) atoms. The van der Waals surface area contributed by atoms with Gasteiger partial charge in [-0.25, -0.2) is 4.98 Å². The first-order chi connectivity index (χ1) is 23.8. The predicted molar refractivity (Wildman–Crippen MR) is 200 cm³/mol. The van der Waals surface area contributed by atoms with Crippen LogP contribution in [-0.4, -0.2) is 4.98 Å². The van der Waals surface area contributed by atoms with E-state index in [9.17, 15) is 0 Å². The van der Waals surface area contributed by atoms with E-state index in [2.05, 4.69) is 150 Å². The van der Waals surface area contributed by atoms with Crippen molar-refractivity contribution in [3.63, 3.8) is 0 Å². The highest BCUT2D eigenvalue weighted by molar-refractivity contribution is 6.11. The summed E-state index contributed by atoms with van der Waals surface area (Å²) in [5.41, 5.74) is 10.6. The molecule has 8 aromatic carbocycles. The lowest BCUT2D eigenvalue weighted by atomic mass is 9.97. The maximum Gasteiger partial charge on any atom is 0.227 e. The molecular formula is C45H30N2O. The van der Waals surface area contributed by atoms with Crippen molar-refractivity contribution < 1.29 is 4.42 Å². The second-order valence-corrected chi connectivity index (χ2v) is 12.0. The number of aromatic nitrogens is 1. The van der Waals surface area contributed by atoms with E-state index in [1.54, 1.807) is 0 Å². The largest absolute Gasteiger partial charge is 0.435 e. The molecule has 0 saturated carbocycles. The van der Waals surface area contributed by atoms with Crippen LogP contribution in [-0.2, 0) is 0 Å². The number of anilines is 3. The van der Waals surface area contributed by atoms with Crippen molar-refractivity contribution in [3.05, 3.63) is 182 Å². The number of para-hydroxylation sites is 1. The summed E-state index contributed by atoms with van der Waals surface area (Å²) in [5, 5.41) is 4.70. The molecule has 0 aliphatic rings. The average Bonchev–Trinajstić information content (AvgIpc) is 3.61. The van der Waals surface area contributed by atoms with Gasteiger partial charge in [0.15, 0.2) is 5.58 Å². The molecule has 0 bridgehead atoms. The Kier molecular flexibility index (Phi) is 6.80. The van der Waals surface area contributed by atoms with Crippen molar-refractivity contribution in [2.45, 2.75) is 0 Å². The predicted octanol–water partition coefficient (Wildman–Crippen LogP) is 12.6. The first-order valence-corrected chi connectivity index (χ1v) is 16.2. The van der Waals surface area contributed by atoms with Gasteiger partial charge >= 0.3 is 0 Å². The molecule has 0 amide bonds. The first kappa shape index (κ1) is 27.8. The molecule has 9 rings (SSSR count). The van der Waals surface area contributed by atoms with Crippen LogP contribution in [0, 0.1) is 0 Å². The van der Waals surface area contributed by atoms with Gasteiger partial charge in [0.1, 0.15) is 5.52 Å². The van der Waals surface area contributed by atoms with Crippen LogP contribution in [0.5, 0.6) is 0 Å². The van der Waals surface area contributed by atoms with E-state index in [0.717, 1.165) is 55.6 Å². The third kappa shape index (κ3) is 4.90. The van der Waals surface area contributed by atoms with Gasteiger partial charge in [-0.3, -0.25) is 0 Å². The van der Waals surface area contributed by atoms with Crippen LogP contribution in [0.3, 0.4) is 0 Å². The molecule has 3 nitrogen and oxygen atoms in total. The summed E-state index contributed by atoms with van der Waals surface area (Å²) in [6.07, 6.45) is 0. The van der Waals surface area contributed by atoms with Crippen molar-refractivity contribution >= 4 is 49.7 Å². The Balaban J connectivity index is 1.11. The van der Waals surface area contributed by atoms with Gasteiger partial charge in [-0.05, 0) is 93.0 Å². The highest BCUT2D eigenvalue weighted by Crippen LogP contribution is 2.40. The zero-order valence-electron chi connectivity index (χ0n) is 26.1. The third-order valence-corrected chi connectivity index (χ3v) is 9.10. The van der Waals surface area contributed by atoms with E-state index in [1.165, 1.54) is 21.9 Å². The Morgan fingerprint density at radius 2 is 0.958 bits per heavy atom. The fourth-order valence-corrected chi connectivity index (χ4v) is 6.78. The van der Waals surface area contributed by atoms with Crippen molar-refractivity contribution in [3.8, 4) is 33.7 Å². The zero-order chi connectivity index (χ0) is 31.9. The molecule has 0 unspecified atom stereocenters. The minimum absolute atomic E-state index is 0.633. The number of fused-ring (bicyclic) bond motifs is 4. The zero-order valence-corrected chi connectivity index (χ0v) is 26.1. The molecule has 0 saturated heterocycles. The summed E-state index contributed by atoms with van der Waals surface area (Å²) in [6, 6.07) is 64.0. The van der Waals surface area contributed by atoms with Crippen molar-refractivity contribution in [1.82, 2.24) is 4.98 Å². The molecule has 0 atom stereocenters. The van der Waals surface area contributed by atoms with E-state index >= 15 is 0 Å². The van der Waals surface area contributed by atoms with E-state index in [0.29, 0.717) is 5.89 Å². The Labute approximate surface area is 279 Å². The Hall–Kier alpha value is -6.45. The van der Waals surface area contributed by atoms with Crippen LogP contribution >= 0.6 is 0 Å². The topological polar surface area (TPSA) is 29.3 Å². The van der Waals surface area contributed by atoms with E-state index in [-0.39, 0.29) is 0 Å². The van der Waals surface area contributed by atoms with Crippen LogP contribution in [0.15, 0.2) is 186 Å². The molecule has 0 radical (unpaired) electrons. The Morgan fingerprint density at radius 1 is 0.396 bits per heavy atom. The lowest BCUT2D eigenvalue weighted by Crippen LogP contribution is -2.09. The number of rotatable bonds is 6. The molecule has 0 aliphatic heterocycles. The normalized spacial score (nSPS) is 11.3. The number of hydrogen-bond acceptors (Lipinski definition) is 3. The fraction of sp³-hybridized carbons (Fsp3) is 0. The van der Waals surface area contributed by atoms with Gasteiger partial charge in [0.05, 0.1) is 0 Å². The summed E-state index contributed by atoms with van der Waals surface area (Å²) < 4.78 is 6.45. The molecule has 0 aliphatic carbocycles. The monoisotopic (exact) mass is 614 g/mol. The smallest absolute Gasteiger partial charge is 0.227 e. The standard InChI is InChI=1S/C45H30N2O/c1-3-12-35(13-4-1)45-46-42-30-25-34-15-10-20-41(43(34)44(42)48-45)33-23-28-38(29-24-33)47(36-16-5-2-6-17-36)37-26-21-32(22-27-37)40-19-9-14-31-11-7-8-18-39(31)40/h1-30H. The quantitative estimate of drug-likeness (QED) is 0.187. The van der Waals surface area contributed by atoms with Crippen LogP contribution in [0.4, 0.5) is 17.1 Å². The summed E-state index contributed by atoms with van der Waals surface area (Å²) in [7, 11) is 0. The molecule has 226 valence electrons. The molecule has 0 fully saturated rings. The average molecular weight is 615 g/mol. The second kappa shape index (κ2) is 11.7. The van der Waals surface area contributed by atoms with Crippen molar-refractivity contribution in [2.24, 2.45) is 0 Å². The molecule has 0 spiro atoms. The maximum absolute atomic E-state index is 6.45. The summed E-state index contributed by atoms with van der Waals surface area (Å²) in [6.45, 7) is 0. The summed E-state index contributed by atoms with van der Waals surface area (Å²) >= 11 is 0. The first-order valence-electron chi connectivity index (χ1n) is 16.2.